The lowest BCUT2D eigenvalue weighted by atomic mass is 9.85. The van der Waals surface area contributed by atoms with Crippen molar-refractivity contribution >= 4 is 38.7 Å². The summed E-state index contributed by atoms with van der Waals surface area (Å²) in [4.78, 5) is 28.7. The number of rotatable bonds is 7. The predicted molar refractivity (Wildman–Crippen MR) is 131 cm³/mol. The molecule has 2 aromatic heterocycles. The fourth-order valence-corrected chi connectivity index (χ4v) is 7.07. The number of nitrogens with one attached hydrogen (secondary N) is 1. The molecule has 1 aromatic carbocycles. The zero-order valence-electron chi connectivity index (χ0n) is 19.3. The van der Waals surface area contributed by atoms with E-state index in [2.05, 4.69) is 15.5 Å². The van der Waals surface area contributed by atoms with Crippen LogP contribution in [0.2, 0.25) is 0 Å². The Hall–Kier alpha value is -2.89. The topological polar surface area (TPSA) is 122 Å². The van der Waals surface area contributed by atoms with E-state index in [0.717, 1.165) is 30.6 Å². The molecule has 9 nitrogen and oxygen atoms in total. The second-order valence-electron chi connectivity index (χ2n) is 9.04. The molecule has 1 saturated heterocycles. The van der Waals surface area contributed by atoms with Gasteiger partial charge in [0, 0.05) is 47.1 Å². The van der Waals surface area contributed by atoms with Gasteiger partial charge in [-0.15, -0.1) is 11.3 Å². The van der Waals surface area contributed by atoms with E-state index in [1.165, 1.54) is 11.2 Å². The monoisotopic (exact) mass is 514 g/mol. The number of hydrogen-bond donors (Lipinski definition) is 1. The molecule has 11 heteroatoms. The van der Waals surface area contributed by atoms with Crippen molar-refractivity contribution in [2.75, 3.05) is 18.4 Å². The summed E-state index contributed by atoms with van der Waals surface area (Å²) < 4.78 is 33.4. The molecule has 1 N–H and O–H groups in total. The molecule has 3 aromatic rings. The Bertz CT molecular complexity index is 1350. The average molecular weight is 515 g/mol. The number of anilines is 1. The van der Waals surface area contributed by atoms with E-state index in [0.29, 0.717) is 47.3 Å². The van der Waals surface area contributed by atoms with Gasteiger partial charge in [0.15, 0.2) is 5.78 Å². The highest BCUT2D eigenvalue weighted by molar-refractivity contribution is 7.91. The third-order valence-electron chi connectivity index (χ3n) is 6.69. The third-order valence-corrected chi connectivity index (χ3v) is 10.00. The molecule has 5 rings (SSSR count). The lowest BCUT2D eigenvalue weighted by Gasteiger charge is -2.30. The standard InChI is InChI=1S/C24H26N4O5S2/c1-15(29)18-6-3-7-20(12-18)25-23(30)16-8-10-28(11-9-16)35(31,32)21-13-19(14-34-21)22-26-24(33-27-22)17-4-2-5-17/h3,6-7,12-14,16-17H,2,4-5,8-11H2,1H3,(H,25,30). The van der Waals surface area contributed by atoms with Crippen molar-refractivity contribution < 1.29 is 22.5 Å². The molecule has 0 atom stereocenters. The van der Waals surface area contributed by atoms with Gasteiger partial charge < -0.3 is 9.84 Å². The number of Topliss-reactive ketones (excluding diaryl/α,β-unsaturated/α-hetero) is 1. The number of aromatic nitrogens is 2. The minimum atomic E-state index is -3.68. The first-order valence-electron chi connectivity index (χ1n) is 11.7. The highest BCUT2D eigenvalue weighted by Gasteiger charge is 2.33. The smallest absolute Gasteiger partial charge is 0.252 e. The highest BCUT2D eigenvalue weighted by atomic mass is 32.2. The van der Waals surface area contributed by atoms with Crippen molar-refractivity contribution in [1.29, 1.82) is 0 Å². The molecule has 1 saturated carbocycles. The zero-order chi connectivity index (χ0) is 24.6. The van der Waals surface area contributed by atoms with E-state index in [1.54, 1.807) is 35.7 Å². The number of carbonyl (C=O) groups excluding carboxylic acids is 2. The Kier molecular flexibility index (Phi) is 6.56. The molecule has 2 fully saturated rings. The summed E-state index contributed by atoms with van der Waals surface area (Å²) in [5, 5.41) is 8.61. The van der Waals surface area contributed by atoms with E-state index in [1.807, 2.05) is 0 Å². The fourth-order valence-electron chi connectivity index (χ4n) is 4.29. The Morgan fingerprint density at radius 3 is 2.60 bits per heavy atom. The molecule has 184 valence electrons. The van der Waals surface area contributed by atoms with Gasteiger partial charge in [-0.1, -0.05) is 23.7 Å². The van der Waals surface area contributed by atoms with Crippen LogP contribution in [-0.2, 0) is 14.8 Å². The Morgan fingerprint density at radius 2 is 1.91 bits per heavy atom. The first-order chi connectivity index (χ1) is 16.8. The molecular weight excluding hydrogens is 488 g/mol. The minimum absolute atomic E-state index is 0.0746. The first-order valence-corrected chi connectivity index (χ1v) is 14.0. The maximum atomic E-state index is 13.2. The van der Waals surface area contributed by atoms with Crippen LogP contribution in [0.15, 0.2) is 44.4 Å². The second-order valence-corrected chi connectivity index (χ2v) is 12.1. The van der Waals surface area contributed by atoms with Crippen molar-refractivity contribution in [2.24, 2.45) is 5.92 Å². The van der Waals surface area contributed by atoms with E-state index >= 15 is 0 Å². The summed E-state index contributed by atoms with van der Waals surface area (Å²) in [7, 11) is -3.68. The Labute approximate surface area is 207 Å². The predicted octanol–water partition coefficient (Wildman–Crippen LogP) is 4.31. The summed E-state index contributed by atoms with van der Waals surface area (Å²) in [5.41, 5.74) is 1.72. The van der Waals surface area contributed by atoms with Crippen LogP contribution < -0.4 is 5.32 Å². The number of thiophene rings is 1. The highest BCUT2D eigenvalue weighted by Crippen LogP contribution is 2.37. The second kappa shape index (κ2) is 9.63. The number of hydrogen-bond acceptors (Lipinski definition) is 8. The van der Waals surface area contributed by atoms with Gasteiger partial charge in [-0.3, -0.25) is 9.59 Å². The number of ketones is 1. The van der Waals surface area contributed by atoms with Crippen LogP contribution in [0, 0.1) is 5.92 Å². The molecule has 0 bridgehead atoms. The van der Waals surface area contributed by atoms with Crippen LogP contribution >= 0.6 is 11.3 Å². The van der Waals surface area contributed by atoms with E-state index in [-0.39, 0.29) is 34.9 Å². The quantitative estimate of drug-likeness (QED) is 0.466. The lowest BCUT2D eigenvalue weighted by Crippen LogP contribution is -2.41. The number of amides is 1. The fraction of sp³-hybridized carbons (Fsp3) is 0.417. The van der Waals surface area contributed by atoms with Gasteiger partial charge in [0.25, 0.3) is 10.0 Å². The maximum Gasteiger partial charge on any atom is 0.252 e. The molecule has 0 radical (unpaired) electrons. The van der Waals surface area contributed by atoms with E-state index in [4.69, 9.17) is 4.52 Å². The van der Waals surface area contributed by atoms with Gasteiger partial charge in [-0.2, -0.15) is 9.29 Å². The van der Waals surface area contributed by atoms with Crippen LogP contribution in [-0.4, -0.2) is 47.6 Å². The van der Waals surface area contributed by atoms with E-state index in [9.17, 15) is 18.0 Å². The van der Waals surface area contributed by atoms with Gasteiger partial charge in [-0.05, 0) is 50.8 Å². The van der Waals surface area contributed by atoms with Crippen molar-refractivity contribution in [3.8, 4) is 11.4 Å². The lowest BCUT2D eigenvalue weighted by molar-refractivity contribution is -0.120. The van der Waals surface area contributed by atoms with Crippen LogP contribution in [0.1, 0.15) is 61.2 Å². The molecule has 1 aliphatic carbocycles. The molecule has 1 amide bonds. The third kappa shape index (κ3) is 4.93. The minimum Gasteiger partial charge on any atom is -0.339 e. The summed E-state index contributed by atoms with van der Waals surface area (Å²) in [5.74, 6) is 0.805. The number of benzene rings is 1. The summed E-state index contributed by atoms with van der Waals surface area (Å²) in [6, 6.07) is 8.39. The van der Waals surface area contributed by atoms with E-state index < -0.39 is 10.0 Å². The number of carbonyl (C=O) groups is 2. The largest absolute Gasteiger partial charge is 0.339 e. The SMILES string of the molecule is CC(=O)c1cccc(NC(=O)C2CCN(S(=O)(=O)c3cc(-c4noc(C5CCC5)n4)cs3)CC2)c1. The number of piperidine rings is 1. The van der Waals surface area contributed by atoms with Gasteiger partial charge in [0.05, 0.1) is 0 Å². The zero-order valence-corrected chi connectivity index (χ0v) is 20.9. The van der Waals surface area contributed by atoms with Gasteiger partial charge >= 0.3 is 0 Å². The van der Waals surface area contributed by atoms with Crippen molar-refractivity contribution in [1.82, 2.24) is 14.4 Å². The van der Waals surface area contributed by atoms with Crippen LogP contribution in [0.5, 0.6) is 0 Å². The molecule has 2 aliphatic rings. The number of nitrogens with zero attached hydrogens (tertiary/aromatic N) is 3. The summed E-state index contributed by atoms with van der Waals surface area (Å²) in [6.07, 6.45) is 4.10. The molecule has 0 unspecified atom stereocenters. The van der Waals surface area contributed by atoms with Crippen LogP contribution in [0.3, 0.4) is 0 Å². The Balaban J connectivity index is 1.20. The first kappa shape index (κ1) is 23.8. The van der Waals surface area contributed by atoms with Crippen molar-refractivity contribution in [3.05, 3.63) is 47.2 Å². The average Bonchev–Trinajstić information content (AvgIpc) is 3.49. The van der Waals surface area contributed by atoms with Crippen LogP contribution in [0.4, 0.5) is 5.69 Å². The molecule has 1 aliphatic heterocycles. The van der Waals surface area contributed by atoms with Gasteiger partial charge in [-0.25, -0.2) is 8.42 Å². The van der Waals surface area contributed by atoms with Crippen molar-refractivity contribution in [2.45, 2.75) is 49.2 Å². The summed E-state index contributed by atoms with van der Waals surface area (Å²) >= 11 is 1.14. The normalized spacial score (nSPS) is 17.7. The van der Waals surface area contributed by atoms with Gasteiger partial charge in [0.1, 0.15) is 4.21 Å². The molecule has 35 heavy (non-hydrogen) atoms. The maximum absolute atomic E-state index is 13.2. The van der Waals surface area contributed by atoms with Gasteiger partial charge in [0.2, 0.25) is 17.6 Å². The molecule has 3 heterocycles. The van der Waals surface area contributed by atoms with Crippen molar-refractivity contribution in [3.63, 3.8) is 0 Å². The molecular formula is C24H26N4O5S2. The Morgan fingerprint density at radius 1 is 1.14 bits per heavy atom. The summed E-state index contributed by atoms with van der Waals surface area (Å²) in [6.45, 7) is 1.99. The number of sulfonamides is 1. The molecule has 0 spiro atoms. The van der Waals surface area contributed by atoms with Crippen LogP contribution in [0.25, 0.3) is 11.4 Å².